The van der Waals surface area contributed by atoms with Crippen LogP contribution in [0.3, 0.4) is 0 Å². The fourth-order valence-electron chi connectivity index (χ4n) is 2.97. The molecule has 0 aliphatic carbocycles. The van der Waals surface area contributed by atoms with Crippen LogP contribution in [0.25, 0.3) is 0 Å². The SMILES string of the molecule is COc1ccc(F)cc1NC(=O)c1ccc(OC)c(C(=O)Nc2cc(F)ccc2OC)c1. The van der Waals surface area contributed by atoms with Crippen molar-refractivity contribution in [3.63, 3.8) is 0 Å². The molecule has 2 amide bonds. The predicted molar refractivity (Wildman–Crippen MR) is 115 cm³/mol. The number of carbonyl (C=O) groups excluding carboxylic acids is 2. The zero-order chi connectivity index (χ0) is 23.3. The third-order valence-corrected chi connectivity index (χ3v) is 4.53. The molecule has 2 N–H and O–H groups in total. The number of benzene rings is 3. The maximum absolute atomic E-state index is 13.6. The van der Waals surface area contributed by atoms with E-state index in [-0.39, 0.29) is 39.8 Å². The number of anilines is 2. The molecule has 0 saturated heterocycles. The van der Waals surface area contributed by atoms with Crippen molar-refractivity contribution in [1.82, 2.24) is 0 Å². The number of ether oxygens (including phenoxy) is 3. The van der Waals surface area contributed by atoms with Crippen LogP contribution in [0.4, 0.5) is 20.2 Å². The van der Waals surface area contributed by atoms with Crippen LogP contribution in [0.1, 0.15) is 20.7 Å². The number of methoxy groups -OCH3 is 3. The standard InChI is InChI=1S/C23H20F2N2O5/c1-30-19-7-4-13(22(28)26-17-11-14(24)5-8-20(17)31-2)10-16(19)23(29)27-18-12-15(25)6-9-21(18)32-3/h4-12H,1-3H3,(H,26,28)(H,27,29). The highest BCUT2D eigenvalue weighted by molar-refractivity contribution is 6.10. The Morgan fingerprint density at radius 1 is 0.656 bits per heavy atom. The Morgan fingerprint density at radius 3 is 1.62 bits per heavy atom. The minimum Gasteiger partial charge on any atom is -0.496 e. The van der Waals surface area contributed by atoms with E-state index in [0.29, 0.717) is 0 Å². The molecule has 32 heavy (non-hydrogen) atoms. The second kappa shape index (κ2) is 9.78. The third kappa shape index (κ3) is 4.94. The van der Waals surface area contributed by atoms with Crippen LogP contribution in [0.2, 0.25) is 0 Å². The van der Waals surface area contributed by atoms with E-state index in [1.54, 1.807) is 0 Å². The van der Waals surface area contributed by atoms with E-state index in [4.69, 9.17) is 14.2 Å². The van der Waals surface area contributed by atoms with Crippen molar-refractivity contribution in [2.24, 2.45) is 0 Å². The third-order valence-electron chi connectivity index (χ3n) is 4.53. The summed E-state index contributed by atoms with van der Waals surface area (Å²) in [4.78, 5) is 25.6. The Kier molecular flexibility index (Phi) is 6.89. The van der Waals surface area contributed by atoms with Crippen LogP contribution in [0, 0.1) is 11.6 Å². The topological polar surface area (TPSA) is 85.9 Å². The van der Waals surface area contributed by atoms with Crippen molar-refractivity contribution in [2.75, 3.05) is 32.0 Å². The molecule has 0 spiro atoms. The number of halogens is 2. The molecule has 9 heteroatoms. The van der Waals surface area contributed by atoms with Gasteiger partial charge < -0.3 is 24.8 Å². The monoisotopic (exact) mass is 442 g/mol. The summed E-state index contributed by atoms with van der Waals surface area (Å²) in [7, 11) is 4.14. The largest absolute Gasteiger partial charge is 0.496 e. The van der Waals surface area contributed by atoms with Crippen LogP contribution in [-0.2, 0) is 0 Å². The molecule has 0 fully saturated rings. The smallest absolute Gasteiger partial charge is 0.259 e. The van der Waals surface area contributed by atoms with Crippen molar-refractivity contribution in [3.8, 4) is 17.2 Å². The summed E-state index contributed by atoms with van der Waals surface area (Å²) in [6.45, 7) is 0. The molecule has 0 heterocycles. The number of rotatable bonds is 7. The lowest BCUT2D eigenvalue weighted by Crippen LogP contribution is -2.17. The second-order valence-electron chi connectivity index (χ2n) is 6.51. The Balaban J connectivity index is 1.90. The lowest BCUT2D eigenvalue weighted by atomic mass is 10.1. The van der Waals surface area contributed by atoms with Crippen molar-refractivity contribution in [2.45, 2.75) is 0 Å². The van der Waals surface area contributed by atoms with Gasteiger partial charge in [-0.1, -0.05) is 0 Å². The number of amides is 2. The summed E-state index contributed by atoms with van der Waals surface area (Å²) in [5.41, 5.74) is 0.369. The molecule has 0 saturated carbocycles. The molecule has 0 unspecified atom stereocenters. The van der Waals surface area contributed by atoms with E-state index in [0.717, 1.165) is 12.1 Å². The first-order valence-corrected chi connectivity index (χ1v) is 9.34. The van der Waals surface area contributed by atoms with Gasteiger partial charge in [-0.3, -0.25) is 9.59 Å². The van der Waals surface area contributed by atoms with Gasteiger partial charge in [0.05, 0.1) is 38.3 Å². The number of carbonyl (C=O) groups is 2. The Hall–Kier alpha value is -4.14. The lowest BCUT2D eigenvalue weighted by Gasteiger charge is -2.14. The molecule has 7 nitrogen and oxygen atoms in total. The Morgan fingerprint density at radius 2 is 1.12 bits per heavy atom. The zero-order valence-electron chi connectivity index (χ0n) is 17.5. The van der Waals surface area contributed by atoms with Gasteiger partial charge in [-0.25, -0.2) is 8.78 Å². The highest BCUT2D eigenvalue weighted by atomic mass is 19.1. The van der Waals surface area contributed by atoms with Gasteiger partial charge in [-0.15, -0.1) is 0 Å². The van der Waals surface area contributed by atoms with Crippen LogP contribution in [-0.4, -0.2) is 33.1 Å². The number of hydrogen-bond acceptors (Lipinski definition) is 5. The van der Waals surface area contributed by atoms with Gasteiger partial charge in [0.1, 0.15) is 28.9 Å². The van der Waals surface area contributed by atoms with Gasteiger partial charge in [-0.2, -0.15) is 0 Å². The summed E-state index contributed by atoms with van der Waals surface area (Å²) < 4.78 is 42.7. The zero-order valence-corrected chi connectivity index (χ0v) is 17.5. The summed E-state index contributed by atoms with van der Waals surface area (Å²) >= 11 is 0. The van der Waals surface area contributed by atoms with Gasteiger partial charge in [0.15, 0.2) is 0 Å². The number of nitrogens with one attached hydrogen (secondary N) is 2. The van der Waals surface area contributed by atoms with Crippen molar-refractivity contribution in [1.29, 1.82) is 0 Å². The normalized spacial score (nSPS) is 10.3. The predicted octanol–water partition coefficient (Wildman–Crippen LogP) is 4.50. The fraction of sp³-hybridized carbons (Fsp3) is 0.130. The van der Waals surface area contributed by atoms with E-state index < -0.39 is 23.4 Å². The Labute approximate surface area is 182 Å². The summed E-state index contributed by atoms with van der Waals surface area (Å²) in [6, 6.07) is 11.6. The fourth-order valence-corrected chi connectivity index (χ4v) is 2.97. The van der Waals surface area contributed by atoms with Crippen LogP contribution < -0.4 is 24.8 Å². The van der Waals surface area contributed by atoms with Crippen LogP contribution in [0.15, 0.2) is 54.6 Å². The molecule has 0 aliphatic heterocycles. The van der Waals surface area contributed by atoms with Crippen molar-refractivity contribution < 1.29 is 32.6 Å². The minimum absolute atomic E-state index is 0.0256. The first kappa shape index (κ1) is 22.5. The molecule has 3 rings (SSSR count). The molecule has 166 valence electrons. The first-order valence-electron chi connectivity index (χ1n) is 9.34. The molecular formula is C23H20F2N2O5. The molecule has 3 aromatic carbocycles. The maximum atomic E-state index is 13.6. The molecule has 0 bridgehead atoms. The summed E-state index contributed by atoms with van der Waals surface area (Å²) in [5.74, 6) is -1.66. The molecule has 0 aromatic heterocycles. The summed E-state index contributed by atoms with van der Waals surface area (Å²) in [5, 5.41) is 5.10. The van der Waals surface area contributed by atoms with E-state index in [1.807, 2.05) is 0 Å². The molecule has 0 radical (unpaired) electrons. The molecule has 0 aliphatic rings. The van der Waals surface area contributed by atoms with Crippen molar-refractivity contribution >= 4 is 23.2 Å². The first-order chi connectivity index (χ1) is 15.4. The van der Waals surface area contributed by atoms with Crippen LogP contribution >= 0.6 is 0 Å². The van der Waals surface area contributed by atoms with Gasteiger partial charge in [0, 0.05) is 17.7 Å². The van der Waals surface area contributed by atoms with Gasteiger partial charge in [-0.05, 0) is 42.5 Å². The van der Waals surface area contributed by atoms with E-state index in [2.05, 4.69) is 10.6 Å². The molecule has 3 aromatic rings. The van der Waals surface area contributed by atoms with E-state index in [1.165, 1.54) is 63.8 Å². The highest BCUT2D eigenvalue weighted by Crippen LogP contribution is 2.29. The average Bonchev–Trinajstić information content (AvgIpc) is 2.79. The Bertz CT molecular complexity index is 1170. The van der Waals surface area contributed by atoms with Crippen LogP contribution in [0.5, 0.6) is 17.2 Å². The van der Waals surface area contributed by atoms with Crippen molar-refractivity contribution in [3.05, 3.63) is 77.4 Å². The second-order valence-corrected chi connectivity index (χ2v) is 6.51. The molecular weight excluding hydrogens is 422 g/mol. The number of hydrogen-bond donors (Lipinski definition) is 2. The highest BCUT2D eigenvalue weighted by Gasteiger charge is 2.19. The van der Waals surface area contributed by atoms with E-state index >= 15 is 0 Å². The van der Waals surface area contributed by atoms with Gasteiger partial charge in [0.25, 0.3) is 11.8 Å². The average molecular weight is 442 g/mol. The maximum Gasteiger partial charge on any atom is 0.259 e. The summed E-state index contributed by atoms with van der Waals surface area (Å²) in [6.07, 6.45) is 0. The van der Waals surface area contributed by atoms with Gasteiger partial charge >= 0.3 is 0 Å². The van der Waals surface area contributed by atoms with Gasteiger partial charge in [0.2, 0.25) is 0 Å². The minimum atomic E-state index is -0.649. The lowest BCUT2D eigenvalue weighted by molar-refractivity contribution is 0.102. The molecule has 0 atom stereocenters. The van der Waals surface area contributed by atoms with E-state index in [9.17, 15) is 18.4 Å². The quantitative estimate of drug-likeness (QED) is 0.563.